The molecule has 1 aromatic rings. The fraction of sp³-hybridized carbons (Fsp3) is 0.357. The molecule has 0 aromatic heterocycles. The third-order valence-corrected chi connectivity index (χ3v) is 2.38. The second kappa shape index (κ2) is 4.52. The zero-order valence-corrected chi connectivity index (χ0v) is 10.3. The van der Waals surface area contributed by atoms with Crippen LogP contribution >= 0.6 is 0 Å². The zero-order chi connectivity index (χ0) is 12.3. The summed E-state index contributed by atoms with van der Waals surface area (Å²) in [5.41, 5.74) is 1.35. The van der Waals surface area contributed by atoms with Crippen molar-refractivity contribution < 1.29 is 9.53 Å². The second-order valence-electron chi connectivity index (χ2n) is 4.93. The molecule has 0 heterocycles. The van der Waals surface area contributed by atoms with E-state index >= 15 is 0 Å². The van der Waals surface area contributed by atoms with E-state index in [-0.39, 0.29) is 11.4 Å². The highest BCUT2D eigenvalue weighted by Crippen LogP contribution is 2.25. The first-order valence-electron chi connectivity index (χ1n) is 5.29. The van der Waals surface area contributed by atoms with E-state index in [0.717, 1.165) is 5.56 Å². The molecule has 0 atom stereocenters. The van der Waals surface area contributed by atoms with E-state index in [2.05, 4.69) is 6.58 Å². The van der Waals surface area contributed by atoms with Gasteiger partial charge in [0, 0.05) is 5.57 Å². The van der Waals surface area contributed by atoms with Crippen molar-refractivity contribution in [2.24, 2.45) is 5.41 Å². The lowest BCUT2D eigenvalue weighted by Crippen LogP contribution is -2.21. The number of carbonyl (C=O) groups excluding carboxylic acids is 1. The maximum Gasteiger partial charge on any atom is 0.339 e. The maximum atomic E-state index is 11.7. The number of hydrogen-bond donors (Lipinski definition) is 0. The molecule has 16 heavy (non-hydrogen) atoms. The summed E-state index contributed by atoms with van der Waals surface area (Å²) in [6.07, 6.45) is 0. The number of benzene rings is 1. The molecular formula is C14H18O2. The van der Waals surface area contributed by atoms with Gasteiger partial charge in [0.1, 0.15) is 5.75 Å². The fourth-order valence-corrected chi connectivity index (χ4v) is 1.08. The van der Waals surface area contributed by atoms with Crippen LogP contribution in [0.2, 0.25) is 0 Å². The molecule has 0 unspecified atom stereocenters. The molecular weight excluding hydrogens is 200 g/mol. The molecule has 86 valence electrons. The standard InChI is InChI=1S/C14H18O2/c1-10-6-8-12(9-7-10)16-13(15)11(2)14(3,4)5/h6-9H,2H2,1,3-5H3. The highest BCUT2D eigenvalue weighted by atomic mass is 16.5. The molecule has 2 nitrogen and oxygen atoms in total. The van der Waals surface area contributed by atoms with Gasteiger partial charge >= 0.3 is 5.97 Å². The number of rotatable bonds is 2. The minimum absolute atomic E-state index is 0.262. The van der Waals surface area contributed by atoms with E-state index in [1.807, 2.05) is 39.8 Å². The Morgan fingerprint density at radius 3 is 2.12 bits per heavy atom. The van der Waals surface area contributed by atoms with Gasteiger partial charge in [0.15, 0.2) is 0 Å². The van der Waals surface area contributed by atoms with Crippen LogP contribution in [0.3, 0.4) is 0 Å². The number of ether oxygens (including phenoxy) is 1. The van der Waals surface area contributed by atoms with Crippen LogP contribution in [0.1, 0.15) is 26.3 Å². The van der Waals surface area contributed by atoms with Crippen molar-refractivity contribution in [1.82, 2.24) is 0 Å². The maximum absolute atomic E-state index is 11.7. The van der Waals surface area contributed by atoms with Gasteiger partial charge in [-0.3, -0.25) is 0 Å². The summed E-state index contributed by atoms with van der Waals surface area (Å²) >= 11 is 0. The van der Waals surface area contributed by atoms with Crippen LogP contribution in [0.5, 0.6) is 5.75 Å². The van der Waals surface area contributed by atoms with Crippen LogP contribution in [0.15, 0.2) is 36.4 Å². The van der Waals surface area contributed by atoms with Crippen molar-refractivity contribution in [3.63, 3.8) is 0 Å². The predicted octanol–water partition coefficient (Wildman–Crippen LogP) is 3.50. The lowest BCUT2D eigenvalue weighted by atomic mass is 9.88. The highest BCUT2D eigenvalue weighted by Gasteiger charge is 2.23. The molecule has 0 radical (unpaired) electrons. The SMILES string of the molecule is C=C(C(=O)Oc1ccc(C)cc1)C(C)(C)C. The van der Waals surface area contributed by atoms with Gasteiger partial charge in [-0.15, -0.1) is 0 Å². The molecule has 0 fully saturated rings. The molecule has 1 aromatic carbocycles. The molecule has 0 aliphatic rings. The first kappa shape index (κ1) is 12.5. The summed E-state index contributed by atoms with van der Waals surface area (Å²) in [4.78, 5) is 11.7. The van der Waals surface area contributed by atoms with Gasteiger partial charge in [0.25, 0.3) is 0 Å². The van der Waals surface area contributed by atoms with Crippen LogP contribution in [0, 0.1) is 12.3 Å². The summed E-state index contributed by atoms with van der Waals surface area (Å²) in [6, 6.07) is 7.37. The first-order valence-corrected chi connectivity index (χ1v) is 5.29. The average molecular weight is 218 g/mol. The van der Waals surface area contributed by atoms with Gasteiger partial charge in [-0.1, -0.05) is 45.0 Å². The van der Waals surface area contributed by atoms with E-state index in [0.29, 0.717) is 11.3 Å². The third-order valence-electron chi connectivity index (χ3n) is 2.38. The average Bonchev–Trinajstić information content (AvgIpc) is 2.19. The van der Waals surface area contributed by atoms with E-state index in [1.165, 1.54) is 0 Å². The van der Waals surface area contributed by atoms with Crippen molar-refractivity contribution in [3.05, 3.63) is 42.0 Å². The molecule has 0 saturated heterocycles. The molecule has 0 saturated carbocycles. The Kier molecular flexibility index (Phi) is 3.53. The van der Waals surface area contributed by atoms with Gasteiger partial charge in [-0.05, 0) is 24.5 Å². The number of aryl methyl sites for hydroxylation is 1. The Hall–Kier alpha value is -1.57. The van der Waals surface area contributed by atoms with Crippen LogP contribution < -0.4 is 4.74 Å². The van der Waals surface area contributed by atoms with Crippen LogP contribution in [0.4, 0.5) is 0 Å². The van der Waals surface area contributed by atoms with Crippen molar-refractivity contribution in [2.75, 3.05) is 0 Å². The van der Waals surface area contributed by atoms with E-state index in [4.69, 9.17) is 4.74 Å². The lowest BCUT2D eigenvalue weighted by molar-refractivity contribution is -0.131. The molecule has 1 rings (SSSR count). The molecule has 0 aliphatic carbocycles. The minimum Gasteiger partial charge on any atom is -0.423 e. The Bertz CT molecular complexity index is 394. The fourth-order valence-electron chi connectivity index (χ4n) is 1.08. The van der Waals surface area contributed by atoms with E-state index < -0.39 is 0 Å². The molecule has 0 bridgehead atoms. The van der Waals surface area contributed by atoms with E-state index in [9.17, 15) is 4.79 Å². The summed E-state index contributed by atoms with van der Waals surface area (Å²) < 4.78 is 5.22. The van der Waals surface area contributed by atoms with Crippen LogP contribution in [-0.2, 0) is 4.79 Å². The Balaban J connectivity index is 2.72. The summed E-state index contributed by atoms with van der Waals surface area (Å²) in [5, 5.41) is 0. The van der Waals surface area contributed by atoms with Gasteiger partial charge in [0.05, 0.1) is 0 Å². The van der Waals surface area contributed by atoms with Crippen molar-refractivity contribution >= 4 is 5.97 Å². The molecule has 0 spiro atoms. The summed E-state index contributed by atoms with van der Waals surface area (Å²) in [5.74, 6) is 0.192. The topological polar surface area (TPSA) is 26.3 Å². The van der Waals surface area contributed by atoms with Gasteiger partial charge in [0.2, 0.25) is 0 Å². The Labute approximate surface area is 96.9 Å². The number of hydrogen-bond acceptors (Lipinski definition) is 2. The summed E-state index contributed by atoms with van der Waals surface area (Å²) in [7, 11) is 0. The Morgan fingerprint density at radius 2 is 1.69 bits per heavy atom. The molecule has 0 aliphatic heterocycles. The first-order chi connectivity index (χ1) is 7.30. The Morgan fingerprint density at radius 1 is 1.19 bits per heavy atom. The van der Waals surface area contributed by atoms with Crippen molar-refractivity contribution in [1.29, 1.82) is 0 Å². The van der Waals surface area contributed by atoms with Gasteiger partial charge < -0.3 is 4.74 Å². The normalized spacial score (nSPS) is 11.0. The zero-order valence-electron chi connectivity index (χ0n) is 10.3. The minimum atomic E-state index is -0.364. The monoisotopic (exact) mass is 218 g/mol. The number of esters is 1. The molecule has 0 N–H and O–H groups in total. The van der Waals surface area contributed by atoms with Crippen LogP contribution in [-0.4, -0.2) is 5.97 Å². The third kappa shape index (κ3) is 3.23. The lowest BCUT2D eigenvalue weighted by Gasteiger charge is -2.19. The van der Waals surface area contributed by atoms with Crippen molar-refractivity contribution in [3.8, 4) is 5.75 Å². The van der Waals surface area contributed by atoms with E-state index in [1.54, 1.807) is 12.1 Å². The summed E-state index contributed by atoms with van der Waals surface area (Å²) in [6.45, 7) is 11.6. The van der Waals surface area contributed by atoms with Crippen molar-refractivity contribution in [2.45, 2.75) is 27.7 Å². The highest BCUT2D eigenvalue weighted by molar-refractivity contribution is 5.90. The molecule has 2 heteroatoms. The largest absolute Gasteiger partial charge is 0.423 e. The smallest absolute Gasteiger partial charge is 0.339 e. The van der Waals surface area contributed by atoms with Gasteiger partial charge in [-0.25, -0.2) is 4.79 Å². The predicted molar refractivity (Wildman–Crippen MR) is 65.4 cm³/mol. The van der Waals surface area contributed by atoms with Gasteiger partial charge in [-0.2, -0.15) is 0 Å². The second-order valence-corrected chi connectivity index (χ2v) is 4.93. The van der Waals surface area contributed by atoms with Crippen LogP contribution in [0.25, 0.3) is 0 Å². The molecule has 0 amide bonds. The number of carbonyl (C=O) groups is 1. The quantitative estimate of drug-likeness (QED) is 0.431.